The monoisotopic (exact) mass is 416 g/mol. The van der Waals surface area contributed by atoms with Gasteiger partial charge in [-0.1, -0.05) is 47.0 Å². The summed E-state index contributed by atoms with van der Waals surface area (Å²) in [6.07, 6.45) is 2.76. The van der Waals surface area contributed by atoms with E-state index in [1.807, 2.05) is 12.1 Å². The number of aryl methyl sites for hydroxylation is 1. The van der Waals surface area contributed by atoms with Crippen LogP contribution in [0.15, 0.2) is 41.5 Å². The van der Waals surface area contributed by atoms with Gasteiger partial charge in [-0.25, -0.2) is 5.01 Å². The number of benzene rings is 2. The molecule has 1 fully saturated rings. The quantitative estimate of drug-likeness (QED) is 0.764. The van der Waals surface area contributed by atoms with E-state index in [0.29, 0.717) is 10.0 Å². The summed E-state index contributed by atoms with van der Waals surface area (Å²) in [4.78, 5) is 1.55. The van der Waals surface area contributed by atoms with Crippen molar-refractivity contribution < 1.29 is 9.64 Å². The molecule has 3 aliphatic heterocycles. The molecule has 0 amide bonds. The van der Waals surface area contributed by atoms with Gasteiger partial charge in [-0.3, -0.25) is 0 Å². The summed E-state index contributed by atoms with van der Waals surface area (Å²) in [6, 6.07) is 12.3. The number of hydrazone groups is 1. The number of halogens is 2. The molecular formula is C22H24Cl2N3O+. The average molecular weight is 417 g/mol. The zero-order valence-electron chi connectivity index (χ0n) is 16.1. The Labute approximate surface area is 175 Å². The van der Waals surface area contributed by atoms with Crippen LogP contribution in [0.3, 0.4) is 0 Å². The minimum Gasteiger partial charge on any atom is -0.466 e. The minimum atomic E-state index is -0.368. The van der Waals surface area contributed by atoms with Crippen molar-refractivity contribution in [2.24, 2.45) is 5.10 Å². The molecule has 0 aliphatic carbocycles. The second kappa shape index (κ2) is 6.65. The summed E-state index contributed by atoms with van der Waals surface area (Å²) in [5.74, 6) is 1.00. The number of hydrogen-bond acceptors (Lipinski definition) is 3. The van der Waals surface area contributed by atoms with Crippen LogP contribution in [0, 0.1) is 6.92 Å². The number of quaternary nitrogens is 1. The Morgan fingerprint density at radius 3 is 2.68 bits per heavy atom. The lowest BCUT2D eigenvalue weighted by Crippen LogP contribution is -3.11. The van der Waals surface area contributed by atoms with Crippen LogP contribution in [0.1, 0.15) is 42.0 Å². The van der Waals surface area contributed by atoms with E-state index >= 15 is 0 Å². The fourth-order valence-corrected chi connectivity index (χ4v) is 5.20. The van der Waals surface area contributed by atoms with E-state index in [4.69, 9.17) is 33.0 Å². The van der Waals surface area contributed by atoms with Gasteiger partial charge >= 0.3 is 0 Å². The Kier molecular flexibility index (Phi) is 4.34. The van der Waals surface area contributed by atoms with Gasteiger partial charge in [-0.15, -0.1) is 0 Å². The first-order valence-corrected chi connectivity index (χ1v) is 10.6. The molecule has 4 nitrogen and oxygen atoms in total. The molecule has 3 aliphatic rings. The maximum atomic E-state index is 6.66. The van der Waals surface area contributed by atoms with Gasteiger partial charge in [0.15, 0.2) is 0 Å². The standard InChI is InChI=1S/C22H23Cl2N3O/c1-14-3-6-21-17(11-14)20-13-19(16-5-4-15(23)12-18(16)24)25-27(20)22(28-21)7-9-26(2)10-8-22/h3-6,11-12,20H,7-10,13H2,1-2H3/p+1/t20-/m0/s1. The molecule has 1 atom stereocenters. The van der Waals surface area contributed by atoms with E-state index in [0.717, 1.165) is 49.4 Å². The van der Waals surface area contributed by atoms with Crippen LogP contribution in [0.4, 0.5) is 0 Å². The van der Waals surface area contributed by atoms with Crippen molar-refractivity contribution in [2.45, 2.75) is 38.0 Å². The van der Waals surface area contributed by atoms with Crippen molar-refractivity contribution in [3.05, 3.63) is 63.1 Å². The van der Waals surface area contributed by atoms with Gasteiger partial charge < -0.3 is 9.64 Å². The van der Waals surface area contributed by atoms with Gasteiger partial charge in [0.05, 0.1) is 49.8 Å². The van der Waals surface area contributed by atoms with Gasteiger partial charge in [-0.05, 0) is 25.1 Å². The summed E-state index contributed by atoms with van der Waals surface area (Å²) in [7, 11) is 2.25. The van der Waals surface area contributed by atoms with Gasteiger partial charge in [0.25, 0.3) is 0 Å². The van der Waals surface area contributed by atoms with E-state index < -0.39 is 0 Å². The number of fused-ring (bicyclic) bond motifs is 4. The summed E-state index contributed by atoms with van der Waals surface area (Å²) in [5, 5.41) is 8.62. The zero-order valence-corrected chi connectivity index (χ0v) is 17.6. The lowest BCUT2D eigenvalue weighted by molar-refractivity contribution is -0.888. The fraction of sp³-hybridized carbons (Fsp3) is 0.409. The van der Waals surface area contributed by atoms with Crippen molar-refractivity contribution in [1.29, 1.82) is 0 Å². The second-order valence-corrected chi connectivity index (χ2v) is 9.13. The Bertz CT molecular complexity index is 966. The first kappa shape index (κ1) is 18.3. The van der Waals surface area contributed by atoms with Crippen LogP contribution < -0.4 is 9.64 Å². The summed E-state index contributed by atoms with van der Waals surface area (Å²) >= 11 is 12.6. The van der Waals surface area contributed by atoms with Crippen LogP contribution in [0.5, 0.6) is 5.75 Å². The third-order valence-corrected chi connectivity index (χ3v) is 6.83. The molecule has 28 heavy (non-hydrogen) atoms. The van der Waals surface area contributed by atoms with E-state index in [9.17, 15) is 0 Å². The van der Waals surface area contributed by atoms with Crippen molar-refractivity contribution in [3.8, 4) is 5.75 Å². The Balaban J connectivity index is 1.60. The van der Waals surface area contributed by atoms with E-state index in [2.05, 4.69) is 37.2 Å². The van der Waals surface area contributed by atoms with Gasteiger partial charge in [0.1, 0.15) is 5.75 Å². The Hall–Kier alpha value is -1.75. The zero-order chi connectivity index (χ0) is 19.5. The van der Waals surface area contributed by atoms with Crippen LogP contribution in [0.2, 0.25) is 10.0 Å². The number of hydrogen-bond donors (Lipinski definition) is 1. The third kappa shape index (κ3) is 2.90. The van der Waals surface area contributed by atoms with Crippen LogP contribution in [-0.4, -0.2) is 36.6 Å². The molecule has 0 saturated carbocycles. The molecule has 3 heterocycles. The highest BCUT2D eigenvalue weighted by atomic mass is 35.5. The van der Waals surface area contributed by atoms with Gasteiger partial charge in [0, 0.05) is 22.6 Å². The topological polar surface area (TPSA) is 29.3 Å². The maximum Gasteiger partial charge on any atom is 0.208 e. The molecule has 2 aromatic carbocycles. The van der Waals surface area contributed by atoms with Crippen molar-refractivity contribution >= 4 is 28.9 Å². The molecule has 2 aromatic rings. The minimum absolute atomic E-state index is 0.184. The SMILES string of the molecule is Cc1ccc2c(c1)[C@@H]1CC(c3ccc(Cl)cc3Cl)=NN1C1(CC[NH+](C)CC1)O2. The Morgan fingerprint density at radius 1 is 1.14 bits per heavy atom. The number of nitrogens with zero attached hydrogens (tertiary/aromatic N) is 2. The molecule has 0 radical (unpaired) electrons. The Morgan fingerprint density at radius 2 is 1.93 bits per heavy atom. The smallest absolute Gasteiger partial charge is 0.208 e. The summed E-state index contributed by atoms with van der Waals surface area (Å²) < 4.78 is 6.66. The summed E-state index contributed by atoms with van der Waals surface area (Å²) in [6.45, 7) is 4.29. The summed E-state index contributed by atoms with van der Waals surface area (Å²) in [5.41, 5.74) is 4.07. The highest BCUT2D eigenvalue weighted by Crippen LogP contribution is 2.49. The molecule has 5 rings (SSSR count). The van der Waals surface area contributed by atoms with Gasteiger partial charge in [-0.2, -0.15) is 5.10 Å². The molecule has 146 valence electrons. The fourth-order valence-electron chi connectivity index (χ4n) is 4.69. The largest absolute Gasteiger partial charge is 0.466 e. The van der Waals surface area contributed by atoms with E-state index in [1.54, 1.807) is 11.0 Å². The second-order valence-electron chi connectivity index (χ2n) is 8.28. The van der Waals surface area contributed by atoms with Crippen molar-refractivity contribution in [1.82, 2.24) is 5.01 Å². The lowest BCUT2D eigenvalue weighted by Gasteiger charge is -2.49. The number of ether oxygens (including phenoxy) is 1. The molecule has 0 unspecified atom stereocenters. The molecular weight excluding hydrogens is 393 g/mol. The number of likely N-dealkylation sites (tertiary alicyclic amines) is 1. The predicted octanol–water partition coefficient (Wildman–Crippen LogP) is 3.85. The normalized spacial score (nSPS) is 28.6. The highest BCUT2D eigenvalue weighted by molar-refractivity contribution is 6.37. The van der Waals surface area contributed by atoms with Crippen LogP contribution in [0.25, 0.3) is 0 Å². The van der Waals surface area contributed by atoms with Crippen LogP contribution in [-0.2, 0) is 0 Å². The van der Waals surface area contributed by atoms with Crippen molar-refractivity contribution in [2.75, 3.05) is 20.1 Å². The lowest BCUT2D eigenvalue weighted by atomic mass is 9.90. The van der Waals surface area contributed by atoms with E-state index in [1.165, 1.54) is 11.1 Å². The van der Waals surface area contributed by atoms with Crippen molar-refractivity contribution in [3.63, 3.8) is 0 Å². The number of nitrogens with one attached hydrogen (secondary N) is 1. The highest BCUT2D eigenvalue weighted by Gasteiger charge is 2.52. The third-order valence-electron chi connectivity index (χ3n) is 6.28. The first-order valence-electron chi connectivity index (χ1n) is 9.88. The molecule has 6 heteroatoms. The maximum absolute atomic E-state index is 6.66. The predicted molar refractivity (Wildman–Crippen MR) is 113 cm³/mol. The average Bonchev–Trinajstić information content (AvgIpc) is 3.11. The number of piperidine rings is 1. The molecule has 0 bridgehead atoms. The van der Waals surface area contributed by atoms with Crippen LogP contribution >= 0.6 is 23.2 Å². The number of rotatable bonds is 1. The molecule has 1 N–H and O–H groups in total. The van der Waals surface area contributed by atoms with Gasteiger partial charge in [0.2, 0.25) is 5.72 Å². The molecule has 1 saturated heterocycles. The van der Waals surface area contributed by atoms with E-state index in [-0.39, 0.29) is 11.8 Å². The molecule has 0 aromatic heterocycles. The first-order chi connectivity index (χ1) is 13.4. The molecule has 1 spiro atoms.